The molecule has 5 unspecified atom stereocenters. The highest BCUT2D eigenvalue weighted by molar-refractivity contribution is 6.40. The van der Waals surface area contributed by atoms with Gasteiger partial charge in [-0.1, -0.05) is 20.3 Å². The fourth-order valence-corrected chi connectivity index (χ4v) is 5.37. The molecule has 9 nitrogen and oxygen atoms in total. The number of carboxylic acid groups (broad SMARTS) is 1. The lowest BCUT2D eigenvalue weighted by molar-refractivity contribution is -0.143. The number of rotatable bonds is 9. The van der Waals surface area contributed by atoms with Crippen LogP contribution in [0.2, 0.25) is 6.32 Å². The molecule has 0 aliphatic heterocycles. The van der Waals surface area contributed by atoms with Gasteiger partial charge in [0.1, 0.15) is 11.6 Å². The number of carbonyl (C=O) groups excluding carboxylic acids is 2. The molecule has 0 spiro atoms. The second-order valence-electron chi connectivity index (χ2n) is 10.7. The molecule has 0 heterocycles. The van der Waals surface area contributed by atoms with Crippen LogP contribution in [0.4, 0.5) is 4.79 Å². The Balaban J connectivity index is 1.97. The van der Waals surface area contributed by atoms with Crippen molar-refractivity contribution in [2.75, 3.05) is 0 Å². The van der Waals surface area contributed by atoms with Crippen molar-refractivity contribution in [3.8, 4) is 0 Å². The van der Waals surface area contributed by atoms with Crippen molar-refractivity contribution in [1.29, 1.82) is 0 Å². The first kappa shape index (κ1) is 26.4. The first-order chi connectivity index (χ1) is 14.8. The Morgan fingerprint density at radius 3 is 2.31 bits per heavy atom. The second kappa shape index (κ2) is 10.9. The normalized spacial score (nSPS) is 28.2. The SMILES string of the molecule is CC(C)[C@H](NC(=O)OC(C)(C)C)C(=O)NC1CC2CC(C(=O)O)C(CCCB(O)O)C2C1. The molecule has 0 saturated heterocycles. The molecule has 2 rings (SSSR count). The van der Waals surface area contributed by atoms with E-state index in [4.69, 9.17) is 14.8 Å². The number of hydrogen-bond donors (Lipinski definition) is 5. The van der Waals surface area contributed by atoms with Crippen LogP contribution in [0.15, 0.2) is 0 Å². The third kappa shape index (κ3) is 7.37. The highest BCUT2D eigenvalue weighted by Gasteiger charge is 2.50. The zero-order valence-corrected chi connectivity index (χ0v) is 19.8. The minimum absolute atomic E-state index is 0.0288. The molecule has 10 heteroatoms. The maximum Gasteiger partial charge on any atom is 0.451 e. The standard InChI is InChI=1S/C22H39BN2O7/c1-12(2)18(25-21(29)32-22(3,4)5)19(26)24-14-9-13-10-17(20(27)28)15(16(13)11-14)7-6-8-23(30)31/h12-18,30-31H,6-11H2,1-5H3,(H,24,26)(H,25,29)(H,27,28)/t13?,14?,15?,16?,17?,18-/m0/s1. The van der Waals surface area contributed by atoms with Crippen molar-refractivity contribution in [2.45, 2.75) is 90.7 Å². The molecule has 0 aromatic rings. The van der Waals surface area contributed by atoms with Crippen LogP contribution in [0.3, 0.4) is 0 Å². The fraction of sp³-hybridized carbons (Fsp3) is 0.864. The predicted molar refractivity (Wildman–Crippen MR) is 120 cm³/mol. The fourth-order valence-electron chi connectivity index (χ4n) is 5.37. The Morgan fingerprint density at radius 2 is 1.78 bits per heavy atom. The second-order valence-corrected chi connectivity index (χ2v) is 10.7. The Kier molecular flexibility index (Phi) is 8.99. The summed E-state index contributed by atoms with van der Waals surface area (Å²) in [5.41, 5.74) is -0.660. The number of carbonyl (C=O) groups is 3. The topological polar surface area (TPSA) is 145 Å². The van der Waals surface area contributed by atoms with Gasteiger partial charge in [-0.2, -0.15) is 0 Å². The molecule has 0 aromatic heterocycles. The predicted octanol–water partition coefficient (Wildman–Crippen LogP) is 2.02. The van der Waals surface area contributed by atoms with Crippen molar-refractivity contribution in [2.24, 2.45) is 29.6 Å². The molecular weight excluding hydrogens is 415 g/mol. The summed E-state index contributed by atoms with van der Waals surface area (Å²) >= 11 is 0. The van der Waals surface area contributed by atoms with E-state index in [-0.39, 0.29) is 41.9 Å². The Hall–Kier alpha value is -1.81. The first-order valence-corrected chi connectivity index (χ1v) is 11.7. The molecule has 2 fully saturated rings. The van der Waals surface area contributed by atoms with Gasteiger partial charge in [-0.15, -0.1) is 0 Å². The number of aliphatic carboxylic acids is 1. The van der Waals surface area contributed by atoms with Crippen molar-refractivity contribution in [1.82, 2.24) is 10.6 Å². The first-order valence-electron chi connectivity index (χ1n) is 11.7. The molecule has 0 bridgehead atoms. The minimum atomic E-state index is -1.38. The van der Waals surface area contributed by atoms with Crippen molar-refractivity contribution >= 4 is 25.1 Å². The van der Waals surface area contributed by atoms with Crippen LogP contribution in [0.1, 0.15) is 66.7 Å². The van der Waals surface area contributed by atoms with E-state index < -0.39 is 36.7 Å². The van der Waals surface area contributed by atoms with E-state index in [0.717, 1.165) is 6.42 Å². The van der Waals surface area contributed by atoms with Gasteiger partial charge in [0, 0.05) is 6.04 Å². The van der Waals surface area contributed by atoms with E-state index in [1.54, 1.807) is 20.8 Å². The average Bonchev–Trinajstić information content (AvgIpc) is 3.15. The van der Waals surface area contributed by atoms with E-state index in [1.165, 1.54) is 0 Å². The lowest BCUT2D eigenvalue weighted by Crippen LogP contribution is -2.52. The Bertz CT molecular complexity index is 680. The van der Waals surface area contributed by atoms with Gasteiger partial charge in [0.05, 0.1) is 5.92 Å². The summed E-state index contributed by atoms with van der Waals surface area (Å²) in [6.45, 7) is 8.99. The highest BCUT2D eigenvalue weighted by atomic mass is 16.6. The molecule has 2 aliphatic rings. The van der Waals surface area contributed by atoms with E-state index in [2.05, 4.69) is 10.6 Å². The van der Waals surface area contributed by atoms with Crippen LogP contribution < -0.4 is 10.6 Å². The summed E-state index contributed by atoms with van der Waals surface area (Å²) in [4.78, 5) is 36.8. The van der Waals surface area contributed by atoms with Crippen LogP contribution in [0.5, 0.6) is 0 Å². The summed E-state index contributed by atoms with van der Waals surface area (Å²) in [5.74, 6) is -1.22. The number of nitrogens with one attached hydrogen (secondary N) is 2. The van der Waals surface area contributed by atoms with Crippen LogP contribution in [-0.4, -0.2) is 57.9 Å². The zero-order valence-electron chi connectivity index (χ0n) is 19.8. The van der Waals surface area contributed by atoms with Crippen molar-refractivity contribution in [3.05, 3.63) is 0 Å². The molecule has 182 valence electrons. The number of amides is 2. The van der Waals surface area contributed by atoms with E-state index in [1.807, 2.05) is 13.8 Å². The summed E-state index contributed by atoms with van der Waals surface area (Å²) < 4.78 is 5.28. The molecule has 2 amide bonds. The summed E-state index contributed by atoms with van der Waals surface area (Å²) in [6.07, 6.45) is 2.78. The number of hydrogen-bond acceptors (Lipinski definition) is 6. The molecule has 2 saturated carbocycles. The van der Waals surface area contributed by atoms with Gasteiger partial charge in [0.2, 0.25) is 5.91 Å². The van der Waals surface area contributed by atoms with E-state index in [9.17, 15) is 19.5 Å². The van der Waals surface area contributed by atoms with Gasteiger partial charge >= 0.3 is 19.2 Å². The molecule has 0 aromatic carbocycles. The largest absolute Gasteiger partial charge is 0.481 e. The van der Waals surface area contributed by atoms with Crippen LogP contribution >= 0.6 is 0 Å². The van der Waals surface area contributed by atoms with E-state index >= 15 is 0 Å². The smallest absolute Gasteiger partial charge is 0.451 e. The van der Waals surface area contributed by atoms with Crippen molar-refractivity contribution < 1.29 is 34.3 Å². The summed E-state index contributed by atoms with van der Waals surface area (Å²) in [5, 5.41) is 33.6. The number of fused-ring (bicyclic) bond motifs is 1. The minimum Gasteiger partial charge on any atom is -0.481 e. The molecule has 2 aliphatic carbocycles. The monoisotopic (exact) mass is 454 g/mol. The quantitative estimate of drug-likeness (QED) is 0.335. The van der Waals surface area contributed by atoms with Crippen LogP contribution in [-0.2, 0) is 14.3 Å². The lowest BCUT2D eigenvalue weighted by atomic mass is 9.78. The Labute approximate surface area is 190 Å². The maximum absolute atomic E-state index is 12.9. The number of alkyl carbamates (subject to hydrolysis) is 1. The summed E-state index contributed by atoms with van der Waals surface area (Å²) in [6, 6.07) is -0.793. The number of ether oxygens (including phenoxy) is 1. The molecule has 0 radical (unpaired) electrons. The maximum atomic E-state index is 12.9. The van der Waals surface area contributed by atoms with Gasteiger partial charge in [-0.05, 0) is 76.4 Å². The van der Waals surface area contributed by atoms with Gasteiger partial charge in [0.25, 0.3) is 0 Å². The molecule has 5 N–H and O–H groups in total. The third-order valence-electron chi connectivity index (χ3n) is 6.66. The van der Waals surface area contributed by atoms with Gasteiger partial charge in [-0.25, -0.2) is 4.79 Å². The van der Waals surface area contributed by atoms with Gasteiger partial charge in [0.15, 0.2) is 0 Å². The van der Waals surface area contributed by atoms with Crippen molar-refractivity contribution in [3.63, 3.8) is 0 Å². The zero-order chi connectivity index (χ0) is 24.2. The van der Waals surface area contributed by atoms with Gasteiger partial charge < -0.3 is 30.5 Å². The molecular formula is C22H39BN2O7. The highest BCUT2D eigenvalue weighted by Crippen LogP contribution is 2.52. The van der Waals surface area contributed by atoms with Crippen LogP contribution in [0.25, 0.3) is 0 Å². The molecule has 32 heavy (non-hydrogen) atoms. The van der Waals surface area contributed by atoms with Gasteiger partial charge in [-0.3, -0.25) is 9.59 Å². The average molecular weight is 454 g/mol. The third-order valence-corrected chi connectivity index (χ3v) is 6.66. The lowest BCUT2D eigenvalue weighted by Gasteiger charge is -2.27. The van der Waals surface area contributed by atoms with E-state index in [0.29, 0.717) is 25.7 Å². The molecule has 6 atom stereocenters. The Morgan fingerprint density at radius 1 is 1.12 bits per heavy atom. The number of carboxylic acids is 1. The summed E-state index contributed by atoms with van der Waals surface area (Å²) in [7, 11) is -1.38. The van der Waals surface area contributed by atoms with Crippen LogP contribution in [0, 0.1) is 29.6 Å².